The van der Waals surface area contributed by atoms with Crippen LogP contribution in [0.4, 0.5) is 10.1 Å². The molecular weight excluding hydrogens is 381 g/mol. The standard InChI is InChI=1S/C13H12Br2FNS/c1-17(7-9-4-13(15)18-8-9)12-3-2-11(16)5-10(12)6-14/h2-5,8H,6-7H2,1H3. The first-order chi connectivity index (χ1) is 8.60. The molecule has 0 fully saturated rings. The topological polar surface area (TPSA) is 3.24 Å². The number of halogens is 3. The number of anilines is 1. The number of thiophene rings is 1. The van der Waals surface area contributed by atoms with Crippen molar-refractivity contribution in [3.63, 3.8) is 0 Å². The number of rotatable bonds is 4. The first-order valence-corrected chi connectivity index (χ1v) is 8.18. The van der Waals surface area contributed by atoms with Gasteiger partial charge in [0, 0.05) is 24.6 Å². The molecule has 0 spiro atoms. The number of hydrogen-bond acceptors (Lipinski definition) is 2. The second kappa shape index (κ2) is 6.17. The molecule has 0 bridgehead atoms. The Morgan fingerprint density at radius 1 is 1.33 bits per heavy atom. The SMILES string of the molecule is CN(Cc1csc(Br)c1)c1ccc(F)cc1CBr. The molecule has 0 atom stereocenters. The molecule has 18 heavy (non-hydrogen) atoms. The van der Waals surface area contributed by atoms with Gasteiger partial charge < -0.3 is 4.90 Å². The fourth-order valence-electron chi connectivity index (χ4n) is 1.82. The van der Waals surface area contributed by atoms with E-state index in [1.165, 1.54) is 11.6 Å². The van der Waals surface area contributed by atoms with Crippen molar-refractivity contribution >= 4 is 48.9 Å². The van der Waals surface area contributed by atoms with E-state index in [1.54, 1.807) is 17.4 Å². The lowest BCUT2D eigenvalue weighted by Gasteiger charge is -2.21. The summed E-state index contributed by atoms with van der Waals surface area (Å²) in [6, 6.07) is 7.01. The minimum Gasteiger partial charge on any atom is -0.370 e. The Labute approximate surface area is 127 Å². The zero-order valence-corrected chi connectivity index (χ0v) is 13.8. The maximum Gasteiger partial charge on any atom is 0.123 e. The molecule has 1 heterocycles. The molecule has 0 aliphatic rings. The van der Waals surface area contributed by atoms with Gasteiger partial charge in [0.15, 0.2) is 0 Å². The van der Waals surface area contributed by atoms with Crippen molar-refractivity contribution in [1.82, 2.24) is 0 Å². The molecule has 1 aromatic carbocycles. The van der Waals surface area contributed by atoms with Crippen molar-refractivity contribution in [2.75, 3.05) is 11.9 Å². The highest BCUT2D eigenvalue weighted by Crippen LogP contribution is 2.26. The minimum absolute atomic E-state index is 0.195. The summed E-state index contributed by atoms with van der Waals surface area (Å²) in [6.07, 6.45) is 0. The Morgan fingerprint density at radius 3 is 2.72 bits per heavy atom. The number of alkyl halides is 1. The molecule has 1 nitrogen and oxygen atoms in total. The molecule has 96 valence electrons. The van der Waals surface area contributed by atoms with E-state index in [2.05, 4.69) is 48.2 Å². The van der Waals surface area contributed by atoms with Gasteiger partial charge in [0.05, 0.1) is 3.79 Å². The second-order valence-corrected chi connectivity index (χ2v) is 6.87. The molecule has 0 saturated heterocycles. The molecule has 5 heteroatoms. The van der Waals surface area contributed by atoms with Gasteiger partial charge in [-0.05, 0) is 56.7 Å². The van der Waals surface area contributed by atoms with Crippen molar-refractivity contribution in [3.05, 3.63) is 50.4 Å². The van der Waals surface area contributed by atoms with E-state index in [0.717, 1.165) is 21.6 Å². The number of nitrogens with zero attached hydrogens (tertiary/aromatic N) is 1. The molecule has 1 aromatic heterocycles. The summed E-state index contributed by atoms with van der Waals surface area (Å²) in [4.78, 5) is 2.13. The summed E-state index contributed by atoms with van der Waals surface area (Å²) in [7, 11) is 2.02. The Hall–Kier alpha value is -0.390. The van der Waals surface area contributed by atoms with Gasteiger partial charge in [0.1, 0.15) is 5.82 Å². The molecular formula is C13H12Br2FNS. The fourth-order valence-corrected chi connectivity index (χ4v) is 3.47. The van der Waals surface area contributed by atoms with Crippen molar-refractivity contribution in [3.8, 4) is 0 Å². The van der Waals surface area contributed by atoms with E-state index in [4.69, 9.17) is 0 Å². The summed E-state index contributed by atoms with van der Waals surface area (Å²) in [5, 5.41) is 2.77. The van der Waals surface area contributed by atoms with Crippen LogP contribution in [-0.2, 0) is 11.9 Å². The molecule has 0 aliphatic carbocycles. The van der Waals surface area contributed by atoms with Gasteiger partial charge in [0.25, 0.3) is 0 Å². The Kier molecular flexibility index (Phi) is 4.81. The van der Waals surface area contributed by atoms with Crippen LogP contribution < -0.4 is 4.90 Å². The fraction of sp³-hybridized carbons (Fsp3) is 0.231. The van der Waals surface area contributed by atoms with Crippen LogP contribution in [-0.4, -0.2) is 7.05 Å². The van der Waals surface area contributed by atoms with Gasteiger partial charge in [-0.25, -0.2) is 4.39 Å². The van der Waals surface area contributed by atoms with Crippen molar-refractivity contribution in [2.24, 2.45) is 0 Å². The van der Waals surface area contributed by atoms with Crippen LogP contribution in [0.1, 0.15) is 11.1 Å². The van der Waals surface area contributed by atoms with E-state index in [1.807, 2.05) is 13.1 Å². The highest BCUT2D eigenvalue weighted by atomic mass is 79.9. The summed E-state index contributed by atoms with van der Waals surface area (Å²) in [6.45, 7) is 0.813. The summed E-state index contributed by atoms with van der Waals surface area (Å²) in [5.41, 5.74) is 3.27. The molecule has 0 amide bonds. The molecule has 2 aromatic rings. The lowest BCUT2D eigenvalue weighted by atomic mass is 10.1. The number of hydrogen-bond donors (Lipinski definition) is 0. The molecule has 0 N–H and O–H groups in total. The summed E-state index contributed by atoms with van der Waals surface area (Å²) >= 11 is 8.54. The molecule has 2 rings (SSSR count). The van der Waals surface area contributed by atoms with Crippen LogP contribution in [0.15, 0.2) is 33.4 Å². The normalized spacial score (nSPS) is 10.7. The molecule has 0 radical (unpaired) electrons. The molecule has 0 unspecified atom stereocenters. The predicted octanol–water partition coefficient (Wildman–Crippen LogP) is 5.18. The summed E-state index contributed by atoms with van der Waals surface area (Å²) in [5.74, 6) is -0.195. The third-order valence-electron chi connectivity index (χ3n) is 2.64. The quantitative estimate of drug-likeness (QED) is 0.648. The minimum atomic E-state index is -0.195. The molecule has 0 saturated carbocycles. The Balaban J connectivity index is 2.20. The average Bonchev–Trinajstić information content (AvgIpc) is 2.74. The lowest BCUT2D eigenvalue weighted by molar-refractivity contribution is 0.626. The van der Waals surface area contributed by atoms with Crippen LogP contribution >= 0.6 is 43.2 Å². The van der Waals surface area contributed by atoms with Crippen LogP contribution in [0.3, 0.4) is 0 Å². The smallest absolute Gasteiger partial charge is 0.123 e. The number of benzene rings is 1. The maximum absolute atomic E-state index is 13.2. The zero-order chi connectivity index (χ0) is 13.1. The van der Waals surface area contributed by atoms with E-state index < -0.39 is 0 Å². The van der Waals surface area contributed by atoms with Crippen molar-refractivity contribution < 1.29 is 4.39 Å². The van der Waals surface area contributed by atoms with Gasteiger partial charge in [-0.1, -0.05) is 15.9 Å². The van der Waals surface area contributed by atoms with Gasteiger partial charge >= 0.3 is 0 Å². The maximum atomic E-state index is 13.2. The summed E-state index contributed by atoms with van der Waals surface area (Å²) < 4.78 is 14.3. The van der Waals surface area contributed by atoms with E-state index in [9.17, 15) is 4.39 Å². The lowest BCUT2D eigenvalue weighted by Crippen LogP contribution is -2.17. The van der Waals surface area contributed by atoms with Crippen LogP contribution in [0.5, 0.6) is 0 Å². The Bertz CT molecular complexity index is 542. The average molecular weight is 393 g/mol. The van der Waals surface area contributed by atoms with Gasteiger partial charge in [0.2, 0.25) is 0 Å². The third kappa shape index (κ3) is 3.33. The first-order valence-electron chi connectivity index (χ1n) is 5.38. The van der Waals surface area contributed by atoms with E-state index in [0.29, 0.717) is 5.33 Å². The predicted molar refractivity (Wildman–Crippen MR) is 83.2 cm³/mol. The van der Waals surface area contributed by atoms with E-state index in [-0.39, 0.29) is 5.82 Å². The molecule has 0 aliphatic heterocycles. The van der Waals surface area contributed by atoms with Gasteiger partial charge in [-0.2, -0.15) is 0 Å². The van der Waals surface area contributed by atoms with Gasteiger partial charge in [-0.15, -0.1) is 11.3 Å². The highest BCUT2D eigenvalue weighted by Gasteiger charge is 2.09. The highest BCUT2D eigenvalue weighted by molar-refractivity contribution is 9.11. The van der Waals surface area contributed by atoms with Crippen LogP contribution in [0.2, 0.25) is 0 Å². The first kappa shape index (κ1) is 14.0. The van der Waals surface area contributed by atoms with Crippen molar-refractivity contribution in [1.29, 1.82) is 0 Å². The van der Waals surface area contributed by atoms with Crippen LogP contribution in [0.25, 0.3) is 0 Å². The van der Waals surface area contributed by atoms with E-state index >= 15 is 0 Å². The van der Waals surface area contributed by atoms with Crippen molar-refractivity contribution in [2.45, 2.75) is 11.9 Å². The van der Waals surface area contributed by atoms with Crippen LogP contribution in [0, 0.1) is 5.82 Å². The monoisotopic (exact) mass is 391 g/mol. The largest absolute Gasteiger partial charge is 0.370 e. The zero-order valence-electron chi connectivity index (χ0n) is 9.79. The van der Waals surface area contributed by atoms with Gasteiger partial charge in [-0.3, -0.25) is 0 Å². The Morgan fingerprint density at radius 2 is 2.11 bits per heavy atom. The third-order valence-corrected chi connectivity index (χ3v) is 4.80. The second-order valence-electron chi connectivity index (χ2n) is 4.02.